The zero-order valence-corrected chi connectivity index (χ0v) is 15.4. The van der Waals surface area contributed by atoms with Crippen LogP contribution < -0.4 is 17.0 Å². The van der Waals surface area contributed by atoms with Gasteiger partial charge in [-0.3, -0.25) is 22.9 Å². The lowest BCUT2D eigenvalue weighted by atomic mass is 10.2. The number of benzene rings is 1. The molecule has 0 atom stereocenters. The number of imidazole rings is 2. The molecule has 0 fully saturated rings. The molecule has 0 spiro atoms. The number of aromatic nitrogens is 5. The van der Waals surface area contributed by atoms with Crippen LogP contribution in [0.25, 0.3) is 22.6 Å². The highest BCUT2D eigenvalue weighted by atomic mass is 16.2. The largest absolute Gasteiger partial charge is 0.397 e. The van der Waals surface area contributed by atoms with Crippen LogP contribution in [0.15, 0.2) is 52.2 Å². The number of hydrogen-bond donors (Lipinski definition) is 1. The Morgan fingerprint density at radius 3 is 2.63 bits per heavy atom. The summed E-state index contributed by atoms with van der Waals surface area (Å²) in [6, 6.07) is 7.44. The van der Waals surface area contributed by atoms with Gasteiger partial charge in [0.15, 0.2) is 11.2 Å². The van der Waals surface area contributed by atoms with Gasteiger partial charge in [0.2, 0.25) is 5.78 Å². The molecule has 0 saturated heterocycles. The molecule has 138 valence electrons. The highest BCUT2D eigenvalue weighted by molar-refractivity contribution is 5.77. The Labute approximate surface area is 154 Å². The molecule has 0 bridgehead atoms. The number of allylic oxidation sites excluding steroid dienone is 1. The SMILES string of the molecule is C=C(C)Cn1c(=O)c2c(nc3n(-c4ccccc4N)c(C)cn23)n(C)c1=O. The van der Waals surface area contributed by atoms with Crippen molar-refractivity contribution >= 4 is 22.6 Å². The fourth-order valence-corrected chi connectivity index (χ4v) is 3.41. The Balaban J connectivity index is 2.16. The van der Waals surface area contributed by atoms with Crippen LogP contribution in [0.5, 0.6) is 0 Å². The molecule has 4 aromatic rings. The molecule has 0 unspecified atom stereocenters. The summed E-state index contributed by atoms with van der Waals surface area (Å²) >= 11 is 0. The third-order valence-corrected chi connectivity index (χ3v) is 4.63. The van der Waals surface area contributed by atoms with Gasteiger partial charge >= 0.3 is 5.69 Å². The molecule has 2 N–H and O–H groups in total. The van der Waals surface area contributed by atoms with E-state index in [9.17, 15) is 9.59 Å². The van der Waals surface area contributed by atoms with Crippen molar-refractivity contribution in [2.24, 2.45) is 7.05 Å². The number of hydrogen-bond acceptors (Lipinski definition) is 4. The average molecular weight is 364 g/mol. The van der Waals surface area contributed by atoms with Crippen molar-refractivity contribution in [1.82, 2.24) is 23.1 Å². The summed E-state index contributed by atoms with van der Waals surface area (Å²) in [7, 11) is 1.61. The van der Waals surface area contributed by atoms with Gasteiger partial charge in [-0.2, -0.15) is 4.98 Å². The fourth-order valence-electron chi connectivity index (χ4n) is 3.41. The molecule has 8 heteroatoms. The summed E-state index contributed by atoms with van der Waals surface area (Å²) in [5.74, 6) is 0.528. The fraction of sp³-hybridized carbons (Fsp3) is 0.211. The summed E-state index contributed by atoms with van der Waals surface area (Å²) < 4.78 is 6.17. The third-order valence-electron chi connectivity index (χ3n) is 4.63. The predicted octanol–water partition coefficient (Wildman–Crippen LogP) is 1.61. The standard InChI is InChI=1S/C19H20N6O2/c1-11(2)9-24-17(26)15-16(22(4)19(24)27)21-18-23(15)10-12(3)25(18)14-8-6-5-7-13(14)20/h5-8,10H,1,9,20H2,2-4H3. The molecule has 27 heavy (non-hydrogen) atoms. The molecule has 0 aliphatic rings. The number of fused-ring (bicyclic) bond motifs is 3. The third kappa shape index (κ3) is 2.33. The molecule has 3 heterocycles. The Bertz CT molecular complexity index is 1350. The lowest BCUT2D eigenvalue weighted by Gasteiger charge is -2.08. The molecule has 3 aromatic heterocycles. The van der Waals surface area contributed by atoms with Crippen LogP contribution >= 0.6 is 0 Å². The minimum Gasteiger partial charge on any atom is -0.397 e. The van der Waals surface area contributed by atoms with Crippen molar-refractivity contribution < 1.29 is 0 Å². The number of anilines is 1. The van der Waals surface area contributed by atoms with Crippen LogP contribution in [0.3, 0.4) is 0 Å². The zero-order valence-electron chi connectivity index (χ0n) is 15.4. The smallest absolute Gasteiger partial charge is 0.332 e. The van der Waals surface area contributed by atoms with E-state index < -0.39 is 5.69 Å². The number of aryl methyl sites for hydroxylation is 2. The Morgan fingerprint density at radius 1 is 1.26 bits per heavy atom. The molecular weight excluding hydrogens is 344 g/mol. The van der Waals surface area contributed by atoms with E-state index >= 15 is 0 Å². The van der Waals surface area contributed by atoms with Gasteiger partial charge in [0.05, 0.1) is 17.9 Å². The van der Waals surface area contributed by atoms with Gasteiger partial charge in [-0.05, 0) is 26.0 Å². The van der Waals surface area contributed by atoms with Crippen molar-refractivity contribution in [2.45, 2.75) is 20.4 Å². The lowest BCUT2D eigenvalue weighted by molar-refractivity contribution is 0.651. The Hall–Kier alpha value is -3.55. The number of nitrogen functional groups attached to an aromatic ring is 1. The first-order valence-corrected chi connectivity index (χ1v) is 8.50. The highest BCUT2D eigenvalue weighted by Gasteiger charge is 2.21. The first kappa shape index (κ1) is 16.9. The van der Waals surface area contributed by atoms with E-state index in [1.165, 1.54) is 9.13 Å². The van der Waals surface area contributed by atoms with E-state index in [0.717, 1.165) is 17.0 Å². The predicted molar refractivity (Wildman–Crippen MR) is 105 cm³/mol. The maximum Gasteiger partial charge on any atom is 0.332 e. The van der Waals surface area contributed by atoms with Crippen molar-refractivity contribution in [1.29, 1.82) is 0 Å². The summed E-state index contributed by atoms with van der Waals surface area (Å²) in [5, 5.41) is 0. The molecule has 8 nitrogen and oxygen atoms in total. The first-order chi connectivity index (χ1) is 12.8. The number of nitrogens with zero attached hydrogens (tertiary/aromatic N) is 5. The van der Waals surface area contributed by atoms with Gasteiger partial charge in [0.25, 0.3) is 5.56 Å². The Kier molecular flexibility index (Phi) is 3.59. The van der Waals surface area contributed by atoms with E-state index in [4.69, 9.17) is 5.73 Å². The van der Waals surface area contributed by atoms with E-state index in [0.29, 0.717) is 22.6 Å². The van der Waals surface area contributed by atoms with Crippen LogP contribution in [0.2, 0.25) is 0 Å². The van der Waals surface area contributed by atoms with Gasteiger partial charge in [0, 0.05) is 18.9 Å². The van der Waals surface area contributed by atoms with E-state index in [1.807, 2.05) is 42.0 Å². The minimum atomic E-state index is -0.418. The number of nitrogens with two attached hydrogens (primary N) is 1. The molecule has 0 saturated carbocycles. The van der Waals surface area contributed by atoms with Gasteiger partial charge in [-0.1, -0.05) is 24.3 Å². The van der Waals surface area contributed by atoms with Crippen LogP contribution in [0.1, 0.15) is 12.6 Å². The van der Waals surface area contributed by atoms with Gasteiger partial charge in [0.1, 0.15) is 0 Å². The van der Waals surface area contributed by atoms with Crippen LogP contribution in [0, 0.1) is 6.92 Å². The van der Waals surface area contributed by atoms with Gasteiger partial charge in [-0.25, -0.2) is 4.79 Å². The van der Waals surface area contributed by atoms with Crippen molar-refractivity contribution in [3.63, 3.8) is 0 Å². The lowest BCUT2D eigenvalue weighted by Crippen LogP contribution is -2.39. The van der Waals surface area contributed by atoms with E-state index in [1.54, 1.807) is 18.4 Å². The number of rotatable bonds is 3. The van der Waals surface area contributed by atoms with Crippen molar-refractivity contribution in [3.05, 3.63) is 69.1 Å². The summed E-state index contributed by atoms with van der Waals surface area (Å²) in [6.07, 6.45) is 1.83. The first-order valence-electron chi connectivity index (χ1n) is 8.50. The molecule has 0 aliphatic carbocycles. The monoisotopic (exact) mass is 364 g/mol. The van der Waals surface area contributed by atoms with E-state index in [-0.39, 0.29) is 12.1 Å². The molecular formula is C19H20N6O2. The second-order valence-electron chi connectivity index (χ2n) is 6.81. The maximum absolute atomic E-state index is 13.0. The molecule has 1 aromatic carbocycles. The summed E-state index contributed by atoms with van der Waals surface area (Å²) in [4.78, 5) is 30.3. The molecule has 4 rings (SSSR count). The average Bonchev–Trinajstić information content (AvgIpc) is 3.12. The summed E-state index contributed by atoms with van der Waals surface area (Å²) in [5.41, 5.74) is 8.98. The Morgan fingerprint density at radius 2 is 1.96 bits per heavy atom. The molecule has 0 aliphatic heterocycles. The van der Waals surface area contributed by atoms with Crippen LogP contribution in [-0.4, -0.2) is 23.1 Å². The van der Waals surface area contributed by atoms with Gasteiger partial charge < -0.3 is 5.73 Å². The van der Waals surface area contributed by atoms with Crippen molar-refractivity contribution in [3.8, 4) is 5.69 Å². The van der Waals surface area contributed by atoms with Crippen LogP contribution in [-0.2, 0) is 13.6 Å². The van der Waals surface area contributed by atoms with Gasteiger partial charge in [-0.15, -0.1) is 0 Å². The van der Waals surface area contributed by atoms with E-state index in [2.05, 4.69) is 11.6 Å². The highest BCUT2D eigenvalue weighted by Crippen LogP contribution is 2.24. The van der Waals surface area contributed by atoms with Crippen molar-refractivity contribution in [2.75, 3.05) is 5.73 Å². The second-order valence-corrected chi connectivity index (χ2v) is 6.81. The second kappa shape index (κ2) is 5.73. The minimum absolute atomic E-state index is 0.167. The van der Waals surface area contributed by atoms with Crippen LogP contribution in [0.4, 0.5) is 5.69 Å². The normalized spacial score (nSPS) is 11.5. The number of para-hydroxylation sites is 2. The quantitative estimate of drug-likeness (QED) is 0.441. The topological polar surface area (TPSA) is 92.2 Å². The maximum atomic E-state index is 13.0. The molecule has 0 radical (unpaired) electrons. The zero-order chi connectivity index (χ0) is 19.5. The molecule has 0 amide bonds. The summed E-state index contributed by atoms with van der Waals surface area (Å²) in [6.45, 7) is 7.67.